The number of nitrogens with one attached hydrogen (secondary N) is 2. The second-order valence-corrected chi connectivity index (χ2v) is 12.8. The molecule has 2 unspecified atom stereocenters. The molecule has 4 aliphatic heterocycles. The summed E-state index contributed by atoms with van der Waals surface area (Å²) < 4.78 is 26.8. The van der Waals surface area contributed by atoms with Crippen molar-refractivity contribution < 1.29 is 23.5 Å². The number of rotatable bonds is 9. The summed E-state index contributed by atoms with van der Waals surface area (Å²) in [5.74, 6) is 0.716. The molecule has 11 nitrogen and oxygen atoms in total. The molecule has 2 bridgehead atoms. The number of nitrogens with zero attached hydrogens (tertiary/aromatic N) is 5. The van der Waals surface area contributed by atoms with E-state index in [1.165, 1.54) is 31.3 Å². The minimum absolute atomic E-state index is 0.0578. The van der Waals surface area contributed by atoms with Gasteiger partial charge in [0, 0.05) is 56.3 Å². The van der Waals surface area contributed by atoms with Crippen molar-refractivity contribution in [2.24, 2.45) is 0 Å². The highest BCUT2D eigenvalue weighted by Crippen LogP contribution is 2.41. The Bertz CT molecular complexity index is 1630. The first kappa shape index (κ1) is 31.6. The van der Waals surface area contributed by atoms with Gasteiger partial charge in [0.2, 0.25) is 5.91 Å². The smallest absolute Gasteiger partial charge is 0.247 e. The van der Waals surface area contributed by atoms with Gasteiger partial charge in [0.15, 0.2) is 5.82 Å². The Kier molecular flexibility index (Phi) is 9.17. The average molecular weight is 664 g/mol. The van der Waals surface area contributed by atoms with Gasteiger partial charge in [-0.15, -0.1) is 0 Å². The van der Waals surface area contributed by atoms with Crippen LogP contribution in [-0.4, -0.2) is 78.9 Å². The standard InChI is InChI=1S/C34H39ClFN7O4/c1-3-33(44)40-26-15-27(30(45-2)16-29(26)41-12-9-21(10-13-41)42-18-22-7-8-23(19-42)47-22)39-31-17-32(38-20-37-31)43-28(11-14-46-43)24-5-4-6-25(35)34(24)36/h3-6,15-17,20-23,28H,1,7-14,18-19H2,2H3,(H,40,44)(H,37,38,39)/t22?,23?,28-/m1/s1. The highest BCUT2D eigenvalue weighted by molar-refractivity contribution is 6.30. The molecule has 4 fully saturated rings. The third-order valence-corrected chi connectivity index (χ3v) is 9.83. The molecule has 7 rings (SSSR count). The second kappa shape index (κ2) is 13.6. The van der Waals surface area contributed by atoms with Gasteiger partial charge in [-0.2, -0.15) is 0 Å². The van der Waals surface area contributed by atoms with Crippen molar-refractivity contribution in [3.8, 4) is 5.75 Å². The van der Waals surface area contributed by atoms with Gasteiger partial charge in [-0.3, -0.25) is 14.5 Å². The Balaban J connectivity index is 1.11. The molecule has 0 aliphatic carbocycles. The zero-order chi connectivity index (χ0) is 32.5. The molecule has 248 valence electrons. The van der Waals surface area contributed by atoms with E-state index in [9.17, 15) is 9.18 Å². The van der Waals surface area contributed by atoms with E-state index in [1.807, 2.05) is 12.1 Å². The monoisotopic (exact) mass is 663 g/mol. The number of hydrogen-bond donors (Lipinski definition) is 2. The number of hydrogen-bond acceptors (Lipinski definition) is 10. The first-order valence-electron chi connectivity index (χ1n) is 16.1. The quantitative estimate of drug-likeness (QED) is 0.271. The molecule has 3 aromatic rings. The normalized spacial score (nSPS) is 23.2. The maximum atomic E-state index is 14.9. The van der Waals surface area contributed by atoms with Crippen LogP contribution in [-0.2, 0) is 14.4 Å². The van der Waals surface area contributed by atoms with Gasteiger partial charge in [-0.1, -0.05) is 30.3 Å². The van der Waals surface area contributed by atoms with Crippen LogP contribution in [0.1, 0.15) is 43.7 Å². The zero-order valence-corrected chi connectivity index (χ0v) is 27.1. The lowest BCUT2D eigenvalue weighted by molar-refractivity contribution is -0.111. The Morgan fingerprint density at radius 1 is 1.09 bits per heavy atom. The van der Waals surface area contributed by atoms with Crippen LogP contribution in [0.2, 0.25) is 5.02 Å². The summed E-state index contributed by atoms with van der Waals surface area (Å²) in [6, 6.07) is 10.6. The van der Waals surface area contributed by atoms with Gasteiger partial charge >= 0.3 is 0 Å². The second-order valence-electron chi connectivity index (χ2n) is 12.4. The number of amides is 1. The van der Waals surface area contributed by atoms with E-state index in [2.05, 4.69) is 37.0 Å². The molecule has 2 N–H and O–H groups in total. The number of carbonyl (C=O) groups is 1. The van der Waals surface area contributed by atoms with Crippen LogP contribution in [0.15, 0.2) is 55.4 Å². The van der Waals surface area contributed by atoms with E-state index in [4.69, 9.17) is 25.9 Å². The first-order chi connectivity index (χ1) is 22.9. The maximum absolute atomic E-state index is 14.9. The fraction of sp³-hybridized carbons (Fsp3) is 0.441. The maximum Gasteiger partial charge on any atom is 0.247 e. The fourth-order valence-electron chi connectivity index (χ4n) is 7.23. The van der Waals surface area contributed by atoms with E-state index in [0.717, 1.165) is 44.7 Å². The molecule has 13 heteroatoms. The molecule has 2 aromatic carbocycles. The molecule has 0 spiro atoms. The summed E-state index contributed by atoms with van der Waals surface area (Å²) in [7, 11) is 1.61. The number of anilines is 5. The molecule has 1 amide bonds. The number of hydroxylamine groups is 1. The molecule has 0 radical (unpaired) electrons. The third-order valence-electron chi connectivity index (χ3n) is 9.54. The summed E-state index contributed by atoms with van der Waals surface area (Å²) >= 11 is 6.07. The van der Waals surface area contributed by atoms with Crippen molar-refractivity contribution in [3.05, 3.63) is 71.8 Å². The summed E-state index contributed by atoms with van der Waals surface area (Å²) in [6.45, 7) is 7.78. The average Bonchev–Trinajstić information content (AvgIpc) is 3.72. The number of methoxy groups -OCH3 is 1. The van der Waals surface area contributed by atoms with Crippen molar-refractivity contribution in [3.63, 3.8) is 0 Å². The number of carbonyl (C=O) groups excluding carboxylic acids is 1. The predicted molar refractivity (Wildman–Crippen MR) is 179 cm³/mol. The first-order valence-corrected chi connectivity index (χ1v) is 16.5. The Morgan fingerprint density at radius 2 is 1.87 bits per heavy atom. The third kappa shape index (κ3) is 6.60. The Morgan fingerprint density at radius 3 is 2.62 bits per heavy atom. The van der Waals surface area contributed by atoms with Crippen molar-refractivity contribution in [2.75, 3.05) is 60.5 Å². The highest BCUT2D eigenvalue weighted by atomic mass is 35.5. The van der Waals surface area contributed by atoms with Crippen LogP contribution in [0.25, 0.3) is 0 Å². The van der Waals surface area contributed by atoms with Crippen LogP contribution >= 0.6 is 11.6 Å². The van der Waals surface area contributed by atoms with E-state index in [0.29, 0.717) is 65.6 Å². The molecule has 3 atom stereocenters. The molecular formula is C34H39ClFN7O4. The summed E-state index contributed by atoms with van der Waals surface area (Å²) in [4.78, 5) is 32.2. The molecule has 1 aromatic heterocycles. The summed E-state index contributed by atoms with van der Waals surface area (Å²) in [5.41, 5.74) is 2.54. The lowest BCUT2D eigenvalue weighted by atomic mass is 10.0. The van der Waals surface area contributed by atoms with Crippen LogP contribution in [0, 0.1) is 5.82 Å². The number of ether oxygens (including phenoxy) is 2. The molecule has 5 heterocycles. The molecule has 4 saturated heterocycles. The highest BCUT2D eigenvalue weighted by Gasteiger charge is 2.38. The van der Waals surface area contributed by atoms with Gasteiger partial charge in [-0.25, -0.2) is 19.4 Å². The lowest BCUT2D eigenvalue weighted by Crippen LogP contribution is -2.51. The van der Waals surface area contributed by atoms with Gasteiger partial charge in [0.25, 0.3) is 0 Å². The minimum Gasteiger partial charge on any atom is -0.494 e. The predicted octanol–water partition coefficient (Wildman–Crippen LogP) is 5.86. The number of benzene rings is 2. The fourth-order valence-corrected chi connectivity index (χ4v) is 7.41. The van der Waals surface area contributed by atoms with Crippen molar-refractivity contribution in [1.29, 1.82) is 0 Å². The Hall–Kier alpha value is -3.97. The molecule has 0 saturated carbocycles. The van der Waals surface area contributed by atoms with Gasteiger partial charge in [-0.05, 0) is 43.9 Å². The zero-order valence-electron chi connectivity index (χ0n) is 26.3. The largest absolute Gasteiger partial charge is 0.494 e. The SMILES string of the molecule is C=CC(=O)Nc1cc(Nc2cc(N3OCC[C@@H]3c3cccc(Cl)c3F)ncn2)c(OC)cc1N1CCC(N2CC3CCC(C2)O3)CC1. The van der Waals surface area contributed by atoms with E-state index in [1.54, 1.807) is 30.4 Å². The minimum atomic E-state index is -0.474. The van der Waals surface area contributed by atoms with E-state index in [-0.39, 0.29) is 10.9 Å². The summed E-state index contributed by atoms with van der Waals surface area (Å²) in [5, 5.41) is 7.96. The van der Waals surface area contributed by atoms with Crippen molar-refractivity contribution in [1.82, 2.24) is 14.9 Å². The topological polar surface area (TPSA) is 104 Å². The lowest BCUT2D eigenvalue weighted by Gasteiger charge is -2.43. The van der Waals surface area contributed by atoms with Crippen molar-refractivity contribution >= 4 is 46.2 Å². The van der Waals surface area contributed by atoms with Crippen LogP contribution in [0.5, 0.6) is 5.75 Å². The van der Waals surface area contributed by atoms with E-state index < -0.39 is 11.9 Å². The van der Waals surface area contributed by atoms with Crippen LogP contribution in [0.3, 0.4) is 0 Å². The number of likely N-dealkylation sites (tertiary alicyclic amines) is 1. The van der Waals surface area contributed by atoms with Crippen molar-refractivity contribution in [2.45, 2.75) is 56.4 Å². The number of fused-ring (bicyclic) bond motifs is 2. The number of morpholine rings is 1. The summed E-state index contributed by atoms with van der Waals surface area (Å²) in [6.07, 6.45) is 8.36. The Labute approximate surface area is 278 Å². The number of aromatic nitrogens is 2. The van der Waals surface area contributed by atoms with E-state index >= 15 is 0 Å². The van der Waals surface area contributed by atoms with Crippen LogP contribution in [0.4, 0.5) is 33.1 Å². The molecular weight excluding hydrogens is 625 g/mol. The van der Waals surface area contributed by atoms with Gasteiger partial charge in [0.1, 0.15) is 23.7 Å². The van der Waals surface area contributed by atoms with Crippen LogP contribution < -0.4 is 25.3 Å². The number of halogens is 2. The number of piperidine rings is 1. The molecule has 47 heavy (non-hydrogen) atoms. The van der Waals surface area contributed by atoms with Gasteiger partial charge < -0.3 is 25.0 Å². The molecule has 4 aliphatic rings. The van der Waals surface area contributed by atoms with Gasteiger partial charge in [0.05, 0.1) is 54.1 Å².